The summed E-state index contributed by atoms with van der Waals surface area (Å²) in [6.45, 7) is 0.920. The van der Waals surface area contributed by atoms with Crippen LogP contribution in [0, 0.1) is 5.82 Å². The van der Waals surface area contributed by atoms with Crippen molar-refractivity contribution in [2.45, 2.75) is 6.42 Å². The Labute approximate surface area is 102 Å². The van der Waals surface area contributed by atoms with Crippen molar-refractivity contribution in [3.05, 3.63) is 24.0 Å². The van der Waals surface area contributed by atoms with Gasteiger partial charge in [-0.05, 0) is 30.6 Å². The van der Waals surface area contributed by atoms with E-state index in [1.165, 1.54) is 12.1 Å². The summed E-state index contributed by atoms with van der Waals surface area (Å²) in [6.07, 6.45) is 3.21. The van der Waals surface area contributed by atoms with E-state index in [9.17, 15) is 4.39 Å². The molecule has 0 fully saturated rings. The molecule has 0 bridgehead atoms. The lowest BCUT2D eigenvalue weighted by molar-refractivity contribution is 0.629. The maximum atomic E-state index is 12.9. The number of nitrogens with one attached hydrogen (secondary N) is 1. The van der Waals surface area contributed by atoms with Crippen molar-refractivity contribution in [2.24, 2.45) is 0 Å². The molecule has 2 rings (SSSR count). The van der Waals surface area contributed by atoms with Crippen LogP contribution in [0.15, 0.2) is 18.2 Å². The second-order valence-electron chi connectivity index (χ2n) is 3.40. The maximum Gasteiger partial charge on any atom is 0.183 e. The fourth-order valence-electron chi connectivity index (χ4n) is 1.39. The molecule has 2 nitrogen and oxygen atoms in total. The molecular weight excluding hydrogens is 243 g/mol. The summed E-state index contributed by atoms with van der Waals surface area (Å²) in [5.41, 5.74) is 0.734. The molecule has 1 heterocycles. The number of halogens is 1. The van der Waals surface area contributed by atoms with Crippen LogP contribution in [0.25, 0.3) is 10.2 Å². The van der Waals surface area contributed by atoms with Crippen molar-refractivity contribution in [3.63, 3.8) is 0 Å². The summed E-state index contributed by atoms with van der Waals surface area (Å²) in [4.78, 5) is 4.33. The molecule has 0 aliphatic rings. The molecule has 1 N–H and O–H groups in total. The molecule has 0 atom stereocenters. The molecule has 1 aromatic heterocycles. The van der Waals surface area contributed by atoms with Crippen molar-refractivity contribution in [3.8, 4) is 0 Å². The van der Waals surface area contributed by atoms with Gasteiger partial charge in [-0.15, -0.1) is 0 Å². The Hall–Kier alpha value is -0.810. The number of thiazole rings is 1. The van der Waals surface area contributed by atoms with Gasteiger partial charge in [0.05, 0.1) is 10.2 Å². The number of rotatable bonds is 5. The third-order valence-electron chi connectivity index (χ3n) is 2.15. The predicted octanol–water partition coefficient (Wildman–Crippen LogP) is 3.60. The van der Waals surface area contributed by atoms with E-state index < -0.39 is 0 Å². The van der Waals surface area contributed by atoms with Crippen molar-refractivity contribution >= 4 is 38.4 Å². The Bertz CT molecular complexity index is 470. The molecule has 1 aromatic carbocycles. The minimum atomic E-state index is -0.230. The van der Waals surface area contributed by atoms with E-state index in [1.54, 1.807) is 17.4 Å². The lowest BCUT2D eigenvalue weighted by Crippen LogP contribution is -2.01. The second-order valence-corrected chi connectivity index (χ2v) is 5.42. The van der Waals surface area contributed by atoms with Crippen LogP contribution in [-0.4, -0.2) is 23.5 Å². The summed E-state index contributed by atoms with van der Waals surface area (Å²) in [5.74, 6) is 0.915. The standard InChI is InChI=1S/C11H13FN2S2/c1-15-6-2-5-13-11-14-9-7-8(12)3-4-10(9)16-11/h3-4,7H,2,5-6H2,1H3,(H,13,14). The van der Waals surface area contributed by atoms with E-state index in [-0.39, 0.29) is 5.82 Å². The average molecular weight is 256 g/mol. The van der Waals surface area contributed by atoms with Crippen LogP contribution < -0.4 is 5.32 Å². The number of anilines is 1. The summed E-state index contributed by atoms with van der Waals surface area (Å²) < 4.78 is 14.0. The van der Waals surface area contributed by atoms with Crippen LogP contribution in [0.3, 0.4) is 0 Å². The van der Waals surface area contributed by atoms with Gasteiger partial charge in [0.2, 0.25) is 0 Å². The third-order valence-corrected chi connectivity index (χ3v) is 3.84. The largest absolute Gasteiger partial charge is 0.361 e. The number of thioether (sulfide) groups is 1. The van der Waals surface area contributed by atoms with Gasteiger partial charge in [-0.2, -0.15) is 11.8 Å². The molecule has 0 amide bonds. The van der Waals surface area contributed by atoms with Gasteiger partial charge in [0.15, 0.2) is 5.13 Å². The first-order valence-corrected chi connectivity index (χ1v) is 7.29. The number of nitrogens with zero attached hydrogens (tertiary/aromatic N) is 1. The van der Waals surface area contributed by atoms with Crippen LogP contribution >= 0.6 is 23.1 Å². The highest BCUT2D eigenvalue weighted by atomic mass is 32.2. The molecule has 16 heavy (non-hydrogen) atoms. The monoisotopic (exact) mass is 256 g/mol. The molecule has 5 heteroatoms. The van der Waals surface area contributed by atoms with Crippen molar-refractivity contribution in [2.75, 3.05) is 23.9 Å². The van der Waals surface area contributed by atoms with Gasteiger partial charge in [-0.1, -0.05) is 11.3 Å². The third kappa shape index (κ3) is 2.86. The second kappa shape index (κ2) is 5.50. The van der Waals surface area contributed by atoms with Crippen molar-refractivity contribution < 1.29 is 4.39 Å². The minimum Gasteiger partial charge on any atom is -0.361 e. The number of hydrogen-bond donors (Lipinski definition) is 1. The Morgan fingerprint density at radius 1 is 1.50 bits per heavy atom. The van der Waals surface area contributed by atoms with Crippen LogP contribution in [0.5, 0.6) is 0 Å². The molecule has 0 aliphatic carbocycles. The quantitative estimate of drug-likeness (QED) is 0.827. The van der Waals surface area contributed by atoms with Gasteiger partial charge >= 0.3 is 0 Å². The number of aromatic nitrogens is 1. The summed E-state index contributed by atoms with van der Waals surface area (Å²) in [7, 11) is 0. The van der Waals surface area contributed by atoms with Crippen LogP contribution in [0.4, 0.5) is 9.52 Å². The topological polar surface area (TPSA) is 24.9 Å². The van der Waals surface area contributed by atoms with Gasteiger partial charge < -0.3 is 5.32 Å². The highest BCUT2D eigenvalue weighted by Gasteiger charge is 2.03. The smallest absolute Gasteiger partial charge is 0.183 e. The van der Waals surface area contributed by atoms with Crippen LogP contribution in [-0.2, 0) is 0 Å². The predicted molar refractivity (Wildman–Crippen MR) is 71.1 cm³/mol. The highest BCUT2D eigenvalue weighted by Crippen LogP contribution is 2.26. The maximum absolute atomic E-state index is 12.9. The zero-order chi connectivity index (χ0) is 11.4. The SMILES string of the molecule is CSCCCNc1nc2cc(F)ccc2s1. The highest BCUT2D eigenvalue weighted by molar-refractivity contribution is 7.98. The molecule has 0 unspecified atom stereocenters. The molecule has 0 aliphatic heterocycles. The van der Waals surface area contributed by atoms with Gasteiger partial charge in [0, 0.05) is 12.6 Å². The van der Waals surface area contributed by atoms with Crippen LogP contribution in [0.2, 0.25) is 0 Å². The van der Waals surface area contributed by atoms with E-state index in [4.69, 9.17) is 0 Å². The van der Waals surface area contributed by atoms with Gasteiger partial charge in [-0.3, -0.25) is 0 Å². The molecular formula is C11H13FN2S2. The lowest BCUT2D eigenvalue weighted by Gasteiger charge is -1.99. The molecule has 0 saturated heterocycles. The van der Waals surface area contributed by atoms with E-state index in [1.807, 2.05) is 11.8 Å². The normalized spacial score (nSPS) is 10.9. The van der Waals surface area contributed by atoms with E-state index in [0.717, 1.165) is 34.1 Å². The van der Waals surface area contributed by atoms with E-state index in [2.05, 4.69) is 16.6 Å². The van der Waals surface area contributed by atoms with E-state index >= 15 is 0 Å². The Morgan fingerprint density at radius 3 is 3.19 bits per heavy atom. The number of fused-ring (bicyclic) bond motifs is 1. The lowest BCUT2D eigenvalue weighted by atomic mass is 10.3. The van der Waals surface area contributed by atoms with Crippen LogP contribution in [0.1, 0.15) is 6.42 Å². The van der Waals surface area contributed by atoms with Crippen molar-refractivity contribution in [1.82, 2.24) is 4.98 Å². The fourth-order valence-corrected chi connectivity index (χ4v) is 2.69. The molecule has 2 aromatic rings. The first-order chi connectivity index (χ1) is 7.79. The van der Waals surface area contributed by atoms with Gasteiger partial charge in [-0.25, -0.2) is 9.37 Å². The van der Waals surface area contributed by atoms with E-state index in [0.29, 0.717) is 0 Å². The first-order valence-electron chi connectivity index (χ1n) is 5.08. The van der Waals surface area contributed by atoms with Gasteiger partial charge in [0.1, 0.15) is 5.82 Å². The fraction of sp³-hybridized carbons (Fsp3) is 0.364. The van der Waals surface area contributed by atoms with Gasteiger partial charge in [0.25, 0.3) is 0 Å². The summed E-state index contributed by atoms with van der Waals surface area (Å²) in [6, 6.07) is 4.71. The summed E-state index contributed by atoms with van der Waals surface area (Å²) in [5, 5.41) is 4.14. The zero-order valence-corrected chi connectivity index (χ0v) is 10.6. The molecule has 0 saturated carbocycles. The number of hydrogen-bond acceptors (Lipinski definition) is 4. The average Bonchev–Trinajstić information content (AvgIpc) is 2.66. The molecule has 0 spiro atoms. The zero-order valence-electron chi connectivity index (χ0n) is 9.00. The van der Waals surface area contributed by atoms with Crippen molar-refractivity contribution in [1.29, 1.82) is 0 Å². The molecule has 86 valence electrons. The minimum absolute atomic E-state index is 0.230. The first kappa shape index (κ1) is 11.7. The Balaban J connectivity index is 2.02. The summed E-state index contributed by atoms with van der Waals surface area (Å²) >= 11 is 3.41. The molecule has 0 radical (unpaired) electrons. The Kier molecular flexibility index (Phi) is 4.01. The number of benzene rings is 1. The Morgan fingerprint density at radius 2 is 2.38 bits per heavy atom.